The number of amides is 1. The maximum Gasteiger partial charge on any atom is 0.227 e. The Balaban J connectivity index is 2.84. The van der Waals surface area contributed by atoms with E-state index >= 15 is 0 Å². The van der Waals surface area contributed by atoms with Crippen molar-refractivity contribution in [1.82, 2.24) is 0 Å². The zero-order valence-electron chi connectivity index (χ0n) is 9.59. The Kier molecular flexibility index (Phi) is 4.62. The van der Waals surface area contributed by atoms with Gasteiger partial charge in [0, 0.05) is 5.92 Å². The highest BCUT2D eigenvalue weighted by atomic mass is 35.5. The molecule has 4 heteroatoms. The van der Waals surface area contributed by atoms with E-state index in [1.54, 1.807) is 18.2 Å². The number of hydrogen-bond donors (Lipinski definition) is 2. The number of carbonyl (C=O) groups is 1. The summed E-state index contributed by atoms with van der Waals surface area (Å²) in [5, 5.41) is 3.26. The van der Waals surface area contributed by atoms with Crippen LogP contribution in [0.1, 0.15) is 26.7 Å². The van der Waals surface area contributed by atoms with Crippen LogP contribution in [-0.4, -0.2) is 5.91 Å². The first-order chi connectivity index (χ1) is 7.60. The third-order valence-corrected chi connectivity index (χ3v) is 2.97. The summed E-state index contributed by atoms with van der Waals surface area (Å²) >= 11 is 5.97. The van der Waals surface area contributed by atoms with Crippen molar-refractivity contribution in [2.45, 2.75) is 26.7 Å². The summed E-state index contributed by atoms with van der Waals surface area (Å²) < 4.78 is 0. The van der Waals surface area contributed by atoms with E-state index in [2.05, 4.69) is 5.32 Å². The highest BCUT2D eigenvalue weighted by Gasteiger charge is 2.16. The Bertz CT molecular complexity index is 355. The first-order valence-electron chi connectivity index (χ1n) is 5.45. The van der Waals surface area contributed by atoms with E-state index in [1.807, 2.05) is 13.8 Å². The summed E-state index contributed by atoms with van der Waals surface area (Å²) in [5.41, 5.74) is 6.76. The van der Waals surface area contributed by atoms with Crippen LogP contribution in [0.2, 0.25) is 5.02 Å². The number of para-hydroxylation sites is 1. The lowest BCUT2D eigenvalue weighted by atomic mass is 10.0. The standard InChI is InChI=1S/C12H17ClN2O/c1-3-8(4-2)12(16)15-11-9(13)6-5-7-10(11)14/h5-8H,3-4,14H2,1-2H3,(H,15,16). The Morgan fingerprint density at radius 3 is 2.56 bits per heavy atom. The number of anilines is 2. The smallest absolute Gasteiger partial charge is 0.227 e. The third-order valence-electron chi connectivity index (χ3n) is 2.65. The van der Waals surface area contributed by atoms with E-state index in [4.69, 9.17) is 17.3 Å². The molecular weight excluding hydrogens is 224 g/mol. The van der Waals surface area contributed by atoms with Crippen molar-refractivity contribution in [2.24, 2.45) is 5.92 Å². The van der Waals surface area contributed by atoms with E-state index in [0.717, 1.165) is 12.8 Å². The largest absolute Gasteiger partial charge is 0.397 e. The number of benzene rings is 1. The molecule has 0 aromatic heterocycles. The molecule has 0 saturated carbocycles. The summed E-state index contributed by atoms with van der Waals surface area (Å²) in [6.07, 6.45) is 1.62. The van der Waals surface area contributed by atoms with Crippen LogP contribution in [0, 0.1) is 5.92 Å². The van der Waals surface area contributed by atoms with Gasteiger partial charge in [0.2, 0.25) is 5.91 Å². The second-order valence-electron chi connectivity index (χ2n) is 3.71. The molecule has 1 aromatic carbocycles. The Hall–Kier alpha value is -1.22. The fraction of sp³-hybridized carbons (Fsp3) is 0.417. The molecule has 0 saturated heterocycles. The zero-order valence-corrected chi connectivity index (χ0v) is 10.3. The lowest BCUT2D eigenvalue weighted by Crippen LogP contribution is -2.22. The highest BCUT2D eigenvalue weighted by molar-refractivity contribution is 6.34. The normalized spacial score (nSPS) is 10.5. The fourth-order valence-electron chi connectivity index (χ4n) is 1.56. The quantitative estimate of drug-likeness (QED) is 0.794. The Labute approximate surface area is 101 Å². The molecule has 0 atom stereocenters. The number of hydrogen-bond acceptors (Lipinski definition) is 2. The summed E-state index contributed by atoms with van der Waals surface area (Å²) in [6.45, 7) is 3.98. The van der Waals surface area contributed by atoms with Gasteiger partial charge in [0.25, 0.3) is 0 Å². The van der Waals surface area contributed by atoms with Gasteiger partial charge in [-0.05, 0) is 25.0 Å². The molecule has 16 heavy (non-hydrogen) atoms. The van der Waals surface area contributed by atoms with Gasteiger partial charge in [0.1, 0.15) is 0 Å². The summed E-state index contributed by atoms with van der Waals surface area (Å²) in [4.78, 5) is 11.9. The van der Waals surface area contributed by atoms with Crippen LogP contribution in [-0.2, 0) is 4.79 Å². The number of nitrogens with two attached hydrogens (primary N) is 1. The maximum absolute atomic E-state index is 11.9. The van der Waals surface area contributed by atoms with Crippen LogP contribution in [0.3, 0.4) is 0 Å². The second kappa shape index (κ2) is 5.75. The van der Waals surface area contributed by atoms with E-state index in [0.29, 0.717) is 16.4 Å². The zero-order chi connectivity index (χ0) is 12.1. The first-order valence-corrected chi connectivity index (χ1v) is 5.82. The van der Waals surface area contributed by atoms with Crippen molar-refractivity contribution in [2.75, 3.05) is 11.1 Å². The molecule has 0 unspecified atom stereocenters. The topological polar surface area (TPSA) is 55.1 Å². The van der Waals surface area contributed by atoms with Crippen molar-refractivity contribution in [1.29, 1.82) is 0 Å². The molecule has 3 N–H and O–H groups in total. The van der Waals surface area contributed by atoms with Crippen LogP contribution < -0.4 is 11.1 Å². The molecule has 0 bridgehead atoms. The predicted octanol–water partition coefficient (Wildman–Crippen LogP) is 3.30. The molecule has 0 fully saturated rings. The average Bonchev–Trinajstić information content (AvgIpc) is 2.25. The molecule has 0 aliphatic rings. The van der Waals surface area contributed by atoms with Gasteiger partial charge in [0.05, 0.1) is 16.4 Å². The lowest BCUT2D eigenvalue weighted by Gasteiger charge is -2.15. The predicted molar refractivity (Wildman–Crippen MR) is 68.6 cm³/mol. The van der Waals surface area contributed by atoms with Crippen molar-refractivity contribution in [3.8, 4) is 0 Å². The average molecular weight is 241 g/mol. The number of nitrogens with one attached hydrogen (secondary N) is 1. The number of nitrogen functional groups attached to an aromatic ring is 1. The molecule has 0 aliphatic heterocycles. The molecule has 1 rings (SSSR count). The number of halogens is 1. The summed E-state index contributed by atoms with van der Waals surface area (Å²) in [5.74, 6) is -0.0135. The SMILES string of the molecule is CCC(CC)C(=O)Nc1c(N)cccc1Cl. The molecule has 1 aromatic rings. The van der Waals surface area contributed by atoms with Crippen molar-refractivity contribution < 1.29 is 4.79 Å². The first kappa shape index (κ1) is 12.8. The molecule has 88 valence electrons. The van der Waals surface area contributed by atoms with Crippen LogP contribution in [0.15, 0.2) is 18.2 Å². The third kappa shape index (κ3) is 2.89. The van der Waals surface area contributed by atoms with Gasteiger partial charge in [-0.3, -0.25) is 4.79 Å². The van der Waals surface area contributed by atoms with Crippen LogP contribution in [0.4, 0.5) is 11.4 Å². The van der Waals surface area contributed by atoms with Gasteiger partial charge >= 0.3 is 0 Å². The van der Waals surface area contributed by atoms with Crippen molar-refractivity contribution in [3.05, 3.63) is 23.2 Å². The molecule has 0 radical (unpaired) electrons. The maximum atomic E-state index is 11.9. The van der Waals surface area contributed by atoms with E-state index in [-0.39, 0.29) is 11.8 Å². The van der Waals surface area contributed by atoms with E-state index < -0.39 is 0 Å². The lowest BCUT2D eigenvalue weighted by molar-refractivity contribution is -0.120. The molecular formula is C12H17ClN2O. The van der Waals surface area contributed by atoms with Gasteiger partial charge in [-0.1, -0.05) is 31.5 Å². The van der Waals surface area contributed by atoms with Crippen LogP contribution in [0.5, 0.6) is 0 Å². The van der Waals surface area contributed by atoms with E-state index in [1.165, 1.54) is 0 Å². The second-order valence-corrected chi connectivity index (χ2v) is 4.11. The highest BCUT2D eigenvalue weighted by Crippen LogP contribution is 2.28. The summed E-state index contributed by atoms with van der Waals surface area (Å²) in [6, 6.07) is 5.18. The summed E-state index contributed by atoms with van der Waals surface area (Å²) in [7, 11) is 0. The number of rotatable bonds is 4. The minimum absolute atomic E-state index is 0.00988. The minimum Gasteiger partial charge on any atom is -0.397 e. The molecule has 0 heterocycles. The van der Waals surface area contributed by atoms with Crippen molar-refractivity contribution >= 4 is 28.9 Å². The fourth-order valence-corrected chi connectivity index (χ4v) is 1.79. The minimum atomic E-state index is -0.0233. The number of carbonyl (C=O) groups excluding carboxylic acids is 1. The van der Waals surface area contributed by atoms with E-state index in [9.17, 15) is 4.79 Å². The van der Waals surface area contributed by atoms with Gasteiger partial charge in [0.15, 0.2) is 0 Å². The Morgan fingerprint density at radius 2 is 2.06 bits per heavy atom. The van der Waals surface area contributed by atoms with Gasteiger partial charge in [-0.2, -0.15) is 0 Å². The molecule has 0 aliphatic carbocycles. The molecule has 3 nitrogen and oxygen atoms in total. The molecule has 0 spiro atoms. The van der Waals surface area contributed by atoms with Gasteiger partial charge < -0.3 is 11.1 Å². The van der Waals surface area contributed by atoms with Crippen LogP contribution in [0.25, 0.3) is 0 Å². The van der Waals surface area contributed by atoms with Crippen LogP contribution >= 0.6 is 11.6 Å². The van der Waals surface area contributed by atoms with Gasteiger partial charge in [-0.25, -0.2) is 0 Å². The van der Waals surface area contributed by atoms with Crippen molar-refractivity contribution in [3.63, 3.8) is 0 Å². The monoisotopic (exact) mass is 240 g/mol. The molecule has 1 amide bonds. The van der Waals surface area contributed by atoms with Gasteiger partial charge in [-0.15, -0.1) is 0 Å². The Morgan fingerprint density at radius 1 is 1.44 bits per heavy atom.